The molecule has 8 atom stereocenters. The van der Waals surface area contributed by atoms with Crippen LogP contribution < -0.4 is 5.32 Å². The van der Waals surface area contributed by atoms with Crippen molar-refractivity contribution in [3.8, 4) is 0 Å². The van der Waals surface area contributed by atoms with Gasteiger partial charge in [-0.2, -0.15) is 0 Å². The van der Waals surface area contributed by atoms with Crippen LogP contribution in [0.15, 0.2) is 22.2 Å². The van der Waals surface area contributed by atoms with Crippen molar-refractivity contribution in [3.63, 3.8) is 0 Å². The quantitative estimate of drug-likeness (QED) is 0.416. The number of hydrogen-bond donors (Lipinski definition) is 1. The first kappa shape index (κ1) is 28.2. The summed E-state index contributed by atoms with van der Waals surface area (Å²) in [7, 11) is 0. The lowest BCUT2D eigenvalue weighted by Gasteiger charge is -2.70. The summed E-state index contributed by atoms with van der Waals surface area (Å²) in [5.41, 5.74) is 2.22. The number of carbonyl (C=O) groups excluding carboxylic acids is 2. The maximum absolute atomic E-state index is 14.5. The molecule has 2 unspecified atom stereocenters. The van der Waals surface area contributed by atoms with Crippen LogP contribution in [0.4, 0.5) is 0 Å². The molecule has 0 aromatic carbocycles. The lowest BCUT2D eigenvalue weighted by atomic mass is 9.33. The number of allylic oxidation sites excluding steroid dienone is 2. The fraction of sp³-hybridized carbons (Fsp3) is 0.800. The van der Waals surface area contributed by atoms with Crippen molar-refractivity contribution in [2.24, 2.45) is 50.2 Å². The second kappa shape index (κ2) is 8.80. The molecule has 0 radical (unpaired) electrons. The number of hydrogen-bond acceptors (Lipinski definition) is 4. The molecule has 0 bridgehead atoms. The van der Waals surface area contributed by atoms with Gasteiger partial charge in [0, 0.05) is 17.4 Å². The molecule has 5 aliphatic carbocycles. The van der Waals surface area contributed by atoms with E-state index in [9.17, 15) is 9.59 Å². The molecule has 5 heteroatoms. The normalized spacial score (nSPS) is 45.9. The van der Waals surface area contributed by atoms with E-state index >= 15 is 0 Å². The summed E-state index contributed by atoms with van der Waals surface area (Å²) >= 11 is 0. The molecule has 1 aromatic rings. The molecule has 0 saturated heterocycles. The summed E-state index contributed by atoms with van der Waals surface area (Å²) in [4.78, 5) is 28.1. The molecular formula is C35H52N2O3. The Hall–Kier alpha value is -1.91. The molecule has 1 N–H and O–H groups in total. The van der Waals surface area contributed by atoms with Gasteiger partial charge in [0.15, 0.2) is 11.5 Å². The van der Waals surface area contributed by atoms with Gasteiger partial charge in [0.1, 0.15) is 0 Å². The average Bonchev–Trinajstić information content (AvgIpc) is 3.29. The summed E-state index contributed by atoms with van der Waals surface area (Å²) < 4.78 is 5.34. The molecule has 40 heavy (non-hydrogen) atoms. The Morgan fingerprint density at radius 3 is 2.42 bits per heavy atom. The first-order chi connectivity index (χ1) is 18.6. The zero-order valence-electron chi connectivity index (χ0n) is 26.3. The number of ketones is 1. The van der Waals surface area contributed by atoms with Gasteiger partial charge in [0.2, 0.25) is 5.91 Å². The van der Waals surface area contributed by atoms with E-state index in [-0.39, 0.29) is 39.4 Å². The summed E-state index contributed by atoms with van der Waals surface area (Å²) in [6.45, 7) is 19.2. The van der Waals surface area contributed by atoms with Gasteiger partial charge in [-0.1, -0.05) is 65.6 Å². The molecule has 0 spiro atoms. The Kier molecular flexibility index (Phi) is 6.21. The summed E-state index contributed by atoms with van der Waals surface area (Å²) in [5.74, 6) is 2.15. The van der Waals surface area contributed by atoms with Crippen molar-refractivity contribution >= 4 is 11.7 Å². The Balaban J connectivity index is 1.33. The van der Waals surface area contributed by atoms with Gasteiger partial charge in [-0.3, -0.25) is 9.59 Å². The Morgan fingerprint density at radius 1 is 1.00 bits per heavy atom. The fourth-order valence-corrected chi connectivity index (χ4v) is 11.4. The predicted molar refractivity (Wildman–Crippen MR) is 157 cm³/mol. The van der Waals surface area contributed by atoms with E-state index in [0.29, 0.717) is 29.4 Å². The number of amides is 1. The molecule has 1 amide bonds. The molecule has 5 aliphatic rings. The van der Waals surface area contributed by atoms with Gasteiger partial charge in [-0.25, -0.2) is 0 Å². The third-order valence-corrected chi connectivity index (χ3v) is 14.0. The first-order valence-corrected chi connectivity index (χ1v) is 16.0. The first-order valence-electron chi connectivity index (χ1n) is 16.0. The van der Waals surface area contributed by atoms with Crippen molar-refractivity contribution in [2.75, 3.05) is 0 Å². The van der Waals surface area contributed by atoms with E-state index in [2.05, 4.69) is 65.0 Å². The number of aryl methyl sites for hydroxylation is 1. The maximum atomic E-state index is 14.5. The second-order valence-electron chi connectivity index (χ2n) is 16.7. The summed E-state index contributed by atoms with van der Waals surface area (Å²) in [5, 5.41) is 7.12. The molecule has 0 aliphatic heterocycles. The largest absolute Gasteiger partial charge is 0.359 e. The highest BCUT2D eigenvalue weighted by Gasteiger charge is 2.69. The van der Waals surface area contributed by atoms with Crippen LogP contribution in [0, 0.1) is 57.2 Å². The standard InChI is InChI=1S/C35H52N2O3/c1-22-18-23(40-37-22)21-36-29(39)32(5)15-14-31(4)16-17-34(7)24(25(31)20-32)19-26(38)28-33(6)12-9-11-30(2,3)27(33)10-13-35(28,34)8/h18-19,25,27-28H,9-17,20-21H2,1-8H3,(H,36,39)/t25-,27?,28?,31+,32-,33-,34-,35+/m0/s1. The topological polar surface area (TPSA) is 72.2 Å². The highest BCUT2D eigenvalue weighted by molar-refractivity contribution is 5.95. The van der Waals surface area contributed by atoms with E-state index in [1.165, 1.54) is 37.7 Å². The Bertz CT molecular complexity index is 1260. The third kappa shape index (κ3) is 3.80. The minimum atomic E-state index is -0.462. The van der Waals surface area contributed by atoms with Crippen LogP contribution >= 0.6 is 0 Å². The zero-order chi connectivity index (χ0) is 28.9. The minimum Gasteiger partial charge on any atom is -0.359 e. The highest BCUT2D eigenvalue weighted by atomic mass is 16.5. The molecule has 1 heterocycles. The van der Waals surface area contributed by atoms with E-state index in [0.717, 1.165) is 37.8 Å². The minimum absolute atomic E-state index is 0.00257. The molecule has 4 saturated carbocycles. The van der Waals surface area contributed by atoms with Crippen molar-refractivity contribution in [2.45, 2.75) is 126 Å². The van der Waals surface area contributed by atoms with Crippen LogP contribution in [0.3, 0.4) is 0 Å². The van der Waals surface area contributed by atoms with Crippen LogP contribution in [0.25, 0.3) is 0 Å². The smallest absolute Gasteiger partial charge is 0.226 e. The summed E-state index contributed by atoms with van der Waals surface area (Å²) in [6.07, 6.45) is 13.3. The highest BCUT2D eigenvalue weighted by Crippen LogP contribution is 2.75. The van der Waals surface area contributed by atoms with Gasteiger partial charge < -0.3 is 9.84 Å². The second-order valence-corrected chi connectivity index (χ2v) is 16.7. The number of nitrogens with one attached hydrogen (secondary N) is 1. The molecule has 4 fully saturated rings. The molecule has 220 valence electrons. The molecule has 6 rings (SSSR count). The van der Waals surface area contributed by atoms with Crippen LogP contribution in [0.1, 0.15) is 124 Å². The summed E-state index contributed by atoms with van der Waals surface area (Å²) in [6, 6.07) is 1.88. The lowest BCUT2D eigenvalue weighted by molar-refractivity contribution is -0.185. The van der Waals surface area contributed by atoms with Crippen LogP contribution in [-0.2, 0) is 16.1 Å². The average molecular weight is 549 g/mol. The molecule has 1 aromatic heterocycles. The van der Waals surface area contributed by atoms with Gasteiger partial charge in [-0.05, 0) is 110 Å². The van der Waals surface area contributed by atoms with E-state index < -0.39 is 5.41 Å². The van der Waals surface area contributed by atoms with E-state index in [1.807, 2.05) is 13.0 Å². The monoisotopic (exact) mass is 548 g/mol. The number of aromatic nitrogens is 1. The van der Waals surface area contributed by atoms with Gasteiger partial charge in [0.05, 0.1) is 12.2 Å². The number of fused-ring (bicyclic) bond motifs is 7. The van der Waals surface area contributed by atoms with Crippen molar-refractivity contribution < 1.29 is 14.1 Å². The van der Waals surface area contributed by atoms with Crippen LogP contribution in [0.2, 0.25) is 0 Å². The maximum Gasteiger partial charge on any atom is 0.226 e. The Morgan fingerprint density at radius 2 is 1.73 bits per heavy atom. The number of rotatable bonds is 3. The van der Waals surface area contributed by atoms with Gasteiger partial charge in [-0.15, -0.1) is 0 Å². The zero-order valence-corrected chi connectivity index (χ0v) is 26.3. The number of carbonyl (C=O) groups is 2. The lowest BCUT2D eigenvalue weighted by Crippen LogP contribution is -2.65. The predicted octanol–water partition coefficient (Wildman–Crippen LogP) is 7.97. The fourth-order valence-electron chi connectivity index (χ4n) is 11.4. The van der Waals surface area contributed by atoms with Gasteiger partial charge >= 0.3 is 0 Å². The van der Waals surface area contributed by atoms with Crippen molar-refractivity contribution in [3.05, 3.63) is 29.2 Å². The van der Waals surface area contributed by atoms with Crippen LogP contribution in [0.5, 0.6) is 0 Å². The van der Waals surface area contributed by atoms with Gasteiger partial charge in [0.25, 0.3) is 0 Å². The SMILES string of the molecule is Cc1cc(CNC(=O)[C@@]2(C)CC[C@]3(C)CC[C@@]4(C)C(=CC(=O)C5[C@@]6(C)CCCC(C)(C)C6CC[C@]54C)[C@@H]3C2)on1. The molecular weight excluding hydrogens is 496 g/mol. The van der Waals surface area contributed by atoms with Crippen molar-refractivity contribution in [1.29, 1.82) is 0 Å². The van der Waals surface area contributed by atoms with Crippen molar-refractivity contribution in [1.82, 2.24) is 10.5 Å². The molecule has 5 nitrogen and oxygen atoms in total. The Labute approximate surface area is 241 Å². The van der Waals surface area contributed by atoms with Crippen LogP contribution in [-0.4, -0.2) is 16.8 Å². The third-order valence-electron chi connectivity index (χ3n) is 14.0. The van der Waals surface area contributed by atoms with E-state index in [1.54, 1.807) is 0 Å². The van der Waals surface area contributed by atoms with E-state index in [4.69, 9.17) is 4.52 Å². The number of nitrogens with zero attached hydrogens (tertiary/aromatic N) is 1.